The summed E-state index contributed by atoms with van der Waals surface area (Å²) >= 11 is 0. The highest BCUT2D eigenvalue weighted by molar-refractivity contribution is 6.51. The number of carbonyl (C=O) groups is 2. The highest BCUT2D eigenvalue weighted by Crippen LogP contribution is 2.44. The Bertz CT molecular complexity index is 1320. The van der Waals surface area contributed by atoms with Crippen molar-refractivity contribution in [3.63, 3.8) is 0 Å². The first-order valence-corrected chi connectivity index (χ1v) is 13.5. The minimum Gasteiger partial charge on any atom is -0.507 e. The Morgan fingerprint density at radius 1 is 0.821 bits per heavy atom. The van der Waals surface area contributed by atoms with Crippen molar-refractivity contribution in [2.24, 2.45) is 0 Å². The van der Waals surface area contributed by atoms with Crippen LogP contribution in [0.2, 0.25) is 0 Å². The number of ether oxygens (including phenoxy) is 3. The van der Waals surface area contributed by atoms with E-state index in [0.29, 0.717) is 53.9 Å². The zero-order valence-electron chi connectivity index (χ0n) is 22.7. The lowest BCUT2D eigenvalue weighted by Gasteiger charge is -2.26. The number of amides is 1. The van der Waals surface area contributed by atoms with E-state index in [9.17, 15) is 14.7 Å². The molecule has 1 amide bonds. The summed E-state index contributed by atoms with van der Waals surface area (Å²) in [5.41, 5.74) is 1.61. The van der Waals surface area contributed by atoms with Gasteiger partial charge in [0, 0.05) is 17.3 Å². The lowest BCUT2D eigenvalue weighted by molar-refractivity contribution is -0.132. The van der Waals surface area contributed by atoms with E-state index in [-0.39, 0.29) is 11.3 Å². The maximum Gasteiger partial charge on any atom is 0.300 e. The molecule has 39 heavy (non-hydrogen) atoms. The normalized spacial score (nSPS) is 16.4. The maximum absolute atomic E-state index is 13.5. The molecule has 3 aromatic rings. The molecule has 0 aromatic heterocycles. The zero-order valence-corrected chi connectivity index (χ0v) is 22.7. The van der Waals surface area contributed by atoms with E-state index < -0.39 is 17.7 Å². The van der Waals surface area contributed by atoms with Crippen molar-refractivity contribution in [3.8, 4) is 17.2 Å². The van der Waals surface area contributed by atoms with Gasteiger partial charge in [0.1, 0.15) is 11.5 Å². The molecular weight excluding hydrogens is 494 g/mol. The molecule has 0 bridgehead atoms. The summed E-state index contributed by atoms with van der Waals surface area (Å²) < 4.78 is 17.2. The smallest absolute Gasteiger partial charge is 0.300 e. The van der Waals surface area contributed by atoms with Crippen molar-refractivity contribution in [2.45, 2.75) is 46.1 Å². The van der Waals surface area contributed by atoms with Crippen LogP contribution in [0, 0.1) is 0 Å². The van der Waals surface area contributed by atoms with Gasteiger partial charge >= 0.3 is 0 Å². The van der Waals surface area contributed by atoms with E-state index in [4.69, 9.17) is 14.2 Å². The number of hydrogen-bond donors (Lipinski definition) is 1. The predicted octanol–water partition coefficient (Wildman–Crippen LogP) is 6.68. The number of carbonyl (C=O) groups excluding carboxylic acids is 2. The van der Waals surface area contributed by atoms with Crippen LogP contribution in [-0.4, -0.2) is 36.6 Å². The van der Waals surface area contributed by atoms with Gasteiger partial charge < -0.3 is 19.3 Å². The first-order chi connectivity index (χ1) is 19.0. The third kappa shape index (κ3) is 6.08. The van der Waals surface area contributed by atoms with E-state index in [2.05, 4.69) is 6.92 Å². The number of hydrogen-bond acceptors (Lipinski definition) is 6. The summed E-state index contributed by atoms with van der Waals surface area (Å²) in [5.74, 6) is -0.0206. The monoisotopic (exact) mass is 529 g/mol. The number of anilines is 1. The molecule has 0 saturated carbocycles. The van der Waals surface area contributed by atoms with Gasteiger partial charge in [0.05, 0.1) is 31.4 Å². The number of aliphatic hydroxyl groups is 1. The number of ketones is 1. The van der Waals surface area contributed by atoms with E-state index in [1.807, 2.05) is 44.2 Å². The van der Waals surface area contributed by atoms with Crippen LogP contribution in [0.4, 0.5) is 5.69 Å². The third-order valence-electron chi connectivity index (χ3n) is 6.51. The highest BCUT2D eigenvalue weighted by Gasteiger charge is 2.47. The largest absolute Gasteiger partial charge is 0.507 e. The topological polar surface area (TPSA) is 85.3 Å². The Labute approximate surface area is 229 Å². The van der Waals surface area contributed by atoms with Gasteiger partial charge in [0.25, 0.3) is 11.7 Å². The molecule has 1 heterocycles. The van der Waals surface area contributed by atoms with Crippen LogP contribution in [0.25, 0.3) is 5.76 Å². The molecule has 0 aliphatic carbocycles. The quantitative estimate of drug-likeness (QED) is 0.122. The third-order valence-corrected chi connectivity index (χ3v) is 6.51. The van der Waals surface area contributed by atoms with Gasteiger partial charge in [-0.1, -0.05) is 50.1 Å². The van der Waals surface area contributed by atoms with E-state index >= 15 is 0 Å². The molecule has 204 valence electrons. The number of rotatable bonds is 12. The van der Waals surface area contributed by atoms with Gasteiger partial charge in [-0.25, -0.2) is 0 Å². The number of benzene rings is 3. The standard InChI is InChI=1S/C32H35NO6/c1-4-7-11-20-39-25-17-14-23(15-18-25)30(34)28-29(22-12-9-8-10-13-22)33(32(36)31(28)35)24-16-19-26(37-5-2)27(21-24)38-6-3/h8-10,12-19,21,29,34H,4-7,11,20H2,1-3H3/b30-28+. The summed E-state index contributed by atoms with van der Waals surface area (Å²) in [6.45, 7) is 7.35. The summed E-state index contributed by atoms with van der Waals surface area (Å²) in [6, 6.07) is 20.4. The van der Waals surface area contributed by atoms with Gasteiger partial charge in [-0.05, 0) is 62.2 Å². The van der Waals surface area contributed by atoms with Crippen LogP contribution in [0.1, 0.15) is 57.2 Å². The fourth-order valence-electron chi connectivity index (χ4n) is 4.65. The van der Waals surface area contributed by atoms with E-state index in [0.717, 1.165) is 19.3 Å². The van der Waals surface area contributed by atoms with E-state index in [1.165, 1.54) is 4.90 Å². The lowest BCUT2D eigenvalue weighted by atomic mass is 9.95. The summed E-state index contributed by atoms with van der Waals surface area (Å²) in [7, 11) is 0. The van der Waals surface area contributed by atoms with Crippen molar-refractivity contribution in [1.29, 1.82) is 0 Å². The van der Waals surface area contributed by atoms with Crippen molar-refractivity contribution < 1.29 is 28.9 Å². The minimum absolute atomic E-state index is 0.0228. The van der Waals surface area contributed by atoms with Gasteiger partial charge in [0.2, 0.25) is 0 Å². The average molecular weight is 530 g/mol. The van der Waals surface area contributed by atoms with E-state index in [1.54, 1.807) is 42.5 Å². The number of Topliss-reactive ketones (excluding diaryl/α,β-unsaturated/α-hetero) is 1. The molecule has 1 aliphatic rings. The summed E-state index contributed by atoms with van der Waals surface area (Å²) in [4.78, 5) is 28.3. The first-order valence-electron chi connectivity index (χ1n) is 13.5. The molecule has 4 rings (SSSR count). The highest BCUT2D eigenvalue weighted by atomic mass is 16.5. The molecule has 0 radical (unpaired) electrons. The van der Waals surface area contributed by atoms with Crippen molar-refractivity contribution in [1.82, 2.24) is 0 Å². The summed E-state index contributed by atoms with van der Waals surface area (Å²) in [6.07, 6.45) is 3.17. The van der Waals surface area contributed by atoms with Crippen LogP contribution < -0.4 is 19.1 Å². The molecule has 1 aliphatic heterocycles. The molecule has 1 N–H and O–H groups in total. The van der Waals surface area contributed by atoms with Crippen molar-refractivity contribution >= 4 is 23.1 Å². The summed E-state index contributed by atoms with van der Waals surface area (Å²) in [5, 5.41) is 11.4. The van der Waals surface area contributed by atoms with Gasteiger partial charge in [-0.3, -0.25) is 14.5 Å². The Balaban J connectivity index is 1.76. The molecular formula is C32H35NO6. The van der Waals surface area contributed by atoms with Crippen molar-refractivity contribution in [2.75, 3.05) is 24.7 Å². The predicted molar refractivity (Wildman–Crippen MR) is 151 cm³/mol. The second-order valence-corrected chi connectivity index (χ2v) is 9.16. The Morgan fingerprint density at radius 2 is 1.51 bits per heavy atom. The SMILES string of the molecule is CCCCCOc1ccc(/C(O)=C2\C(=O)C(=O)N(c3ccc(OCC)c(OCC)c3)C2c2ccccc2)cc1. The molecule has 1 atom stereocenters. The molecule has 0 spiro atoms. The second-order valence-electron chi connectivity index (χ2n) is 9.16. The lowest BCUT2D eigenvalue weighted by Crippen LogP contribution is -2.29. The van der Waals surface area contributed by atoms with Crippen LogP contribution in [0.15, 0.2) is 78.4 Å². The minimum atomic E-state index is -0.830. The Hall–Kier alpha value is -4.26. The van der Waals surface area contributed by atoms with Gasteiger partial charge in [0.15, 0.2) is 11.5 Å². The van der Waals surface area contributed by atoms with Crippen LogP contribution >= 0.6 is 0 Å². The molecule has 1 fully saturated rings. The molecule has 3 aromatic carbocycles. The molecule has 1 unspecified atom stereocenters. The number of aliphatic hydroxyl groups excluding tert-OH is 1. The van der Waals surface area contributed by atoms with Crippen molar-refractivity contribution in [3.05, 3.63) is 89.5 Å². The fourth-order valence-corrected chi connectivity index (χ4v) is 4.65. The average Bonchev–Trinajstić information content (AvgIpc) is 3.23. The first kappa shape index (κ1) is 27.8. The van der Waals surface area contributed by atoms with Crippen LogP contribution in [-0.2, 0) is 9.59 Å². The Kier molecular flexibility index (Phi) is 9.26. The molecule has 1 saturated heterocycles. The fraction of sp³-hybridized carbons (Fsp3) is 0.312. The zero-order chi connectivity index (χ0) is 27.8. The Morgan fingerprint density at radius 3 is 2.18 bits per heavy atom. The van der Waals surface area contributed by atoms with Gasteiger partial charge in [-0.15, -0.1) is 0 Å². The second kappa shape index (κ2) is 13.0. The van der Waals surface area contributed by atoms with Crippen LogP contribution in [0.3, 0.4) is 0 Å². The van der Waals surface area contributed by atoms with Crippen LogP contribution in [0.5, 0.6) is 17.2 Å². The van der Waals surface area contributed by atoms with Gasteiger partial charge in [-0.2, -0.15) is 0 Å². The number of nitrogens with zero attached hydrogens (tertiary/aromatic N) is 1. The maximum atomic E-state index is 13.5. The molecule has 7 nitrogen and oxygen atoms in total. The number of unbranched alkanes of at least 4 members (excludes halogenated alkanes) is 2. The molecule has 7 heteroatoms.